The number of benzene rings is 2. The smallest absolute Gasteiger partial charge is 0.239 e. The zero-order valence-corrected chi connectivity index (χ0v) is 20.2. The number of aliphatic hydroxyl groups excluding tert-OH is 1. The summed E-state index contributed by atoms with van der Waals surface area (Å²) < 4.78 is 16.4. The molecule has 3 N–H and O–H groups in total. The fraction of sp³-hybridized carbons (Fsp3) is 0.458. The summed E-state index contributed by atoms with van der Waals surface area (Å²) in [6.07, 6.45) is 1.42. The number of aliphatic hydroxyl groups is 1. The summed E-state index contributed by atoms with van der Waals surface area (Å²) in [4.78, 5) is 17.7. The third-order valence-electron chi connectivity index (χ3n) is 5.70. The maximum atomic E-state index is 12.3. The molecule has 3 rings (SSSR count). The number of piperazine rings is 1. The van der Waals surface area contributed by atoms with E-state index in [1.54, 1.807) is 32.0 Å². The standard InChI is InChI=1S/C24H33N3O5S/c1-30-20-12-17(13-21(14-20)31-2)23(24(25)29)27-10-8-26(9-11-27)15-18(28)16-32-19-4-6-22(33-3)7-5-19/h4-7,12-14,18,23,28H,8-11,15-16H2,1-3H3,(H2,25,29). The lowest BCUT2D eigenvalue weighted by molar-refractivity contribution is -0.124. The molecule has 1 aliphatic heterocycles. The molecule has 1 fully saturated rings. The number of hydrogen-bond donors (Lipinski definition) is 2. The number of amides is 1. The van der Waals surface area contributed by atoms with Gasteiger partial charge in [0.1, 0.15) is 36.0 Å². The van der Waals surface area contributed by atoms with E-state index in [2.05, 4.69) is 9.80 Å². The number of primary amides is 1. The second-order valence-corrected chi connectivity index (χ2v) is 8.81. The summed E-state index contributed by atoms with van der Waals surface area (Å²) in [6.45, 7) is 3.46. The molecule has 33 heavy (non-hydrogen) atoms. The van der Waals surface area contributed by atoms with Gasteiger partial charge in [-0.2, -0.15) is 0 Å². The highest BCUT2D eigenvalue weighted by atomic mass is 32.2. The van der Waals surface area contributed by atoms with Crippen molar-refractivity contribution in [2.45, 2.75) is 17.0 Å². The maximum Gasteiger partial charge on any atom is 0.239 e. The molecule has 2 atom stereocenters. The molecule has 2 aromatic rings. The lowest BCUT2D eigenvalue weighted by Gasteiger charge is -2.38. The number of β-amino-alcohol motifs (C(OH)–C–C–N with tert-alkyl or cyclic N) is 1. The molecule has 0 aliphatic carbocycles. The van der Waals surface area contributed by atoms with Gasteiger partial charge in [-0.25, -0.2) is 0 Å². The zero-order valence-electron chi connectivity index (χ0n) is 19.4. The number of hydrogen-bond acceptors (Lipinski definition) is 8. The van der Waals surface area contributed by atoms with Crippen LogP contribution in [0.1, 0.15) is 11.6 Å². The number of methoxy groups -OCH3 is 2. The Bertz CT molecular complexity index is 881. The van der Waals surface area contributed by atoms with Crippen LogP contribution in [0.4, 0.5) is 0 Å². The lowest BCUT2D eigenvalue weighted by Crippen LogP contribution is -2.52. The van der Waals surface area contributed by atoms with Gasteiger partial charge in [0.05, 0.1) is 14.2 Å². The van der Waals surface area contributed by atoms with Crippen molar-refractivity contribution in [2.75, 3.05) is 59.8 Å². The van der Waals surface area contributed by atoms with Crippen LogP contribution in [-0.4, -0.2) is 86.7 Å². The largest absolute Gasteiger partial charge is 0.497 e. The highest BCUT2D eigenvalue weighted by molar-refractivity contribution is 7.98. The molecule has 0 radical (unpaired) electrons. The number of carbonyl (C=O) groups excluding carboxylic acids is 1. The van der Waals surface area contributed by atoms with E-state index >= 15 is 0 Å². The van der Waals surface area contributed by atoms with Crippen LogP contribution >= 0.6 is 11.8 Å². The van der Waals surface area contributed by atoms with Crippen LogP contribution in [0.2, 0.25) is 0 Å². The average molecular weight is 476 g/mol. The Morgan fingerprint density at radius 3 is 2.15 bits per heavy atom. The molecule has 0 aromatic heterocycles. The van der Waals surface area contributed by atoms with E-state index in [0.29, 0.717) is 44.2 Å². The Balaban J connectivity index is 1.53. The van der Waals surface area contributed by atoms with E-state index in [1.807, 2.05) is 42.7 Å². The van der Waals surface area contributed by atoms with Crippen LogP contribution < -0.4 is 19.9 Å². The molecular weight excluding hydrogens is 442 g/mol. The van der Waals surface area contributed by atoms with Gasteiger partial charge in [0.25, 0.3) is 0 Å². The average Bonchev–Trinajstić information content (AvgIpc) is 2.83. The molecule has 1 aliphatic rings. The first-order valence-electron chi connectivity index (χ1n) is 10.9. The Morgan fingerprint density at radius 1 is 1.03 bits per heavy atom. The van der Waals surface area contributed by atoms with Gasteiger partial charge in [0.2, 0.25) is 5.91 Å². The van der Waals surface area contributed by atoms with Crippen molar-refractivity contribution in [3.63, 3.8) is 0 Å². The predicted octanol–water partition coefficient (Wildman–Crippen LogP) is 2.01. The third-order valence-corrected chi connectivity index (χ3v) is 6.45. The molecule has 2 aromatic carbocycles. The summed E-state index contributed by atoms with van der Waals surface area (Å²) in [5, 5.41) is 10.4. The Morgan fingerprint density at radius 2 is 1.64 bits per heavy atom. The zero-order chi connectivity index (χ0) is 23.8. The molecule has 1 amide bonds. The Kier molecular flexibility index (Phi) is 9.25. The molecule has 1 saturated heterocycles. The van der Waals surface area contributed by atoms with E-state index in [0.717, 1.165) is 11.3 Å². The van der Waals surface area contributed by atoms with Crippen molar-refractivity contribution in [3.8, 4) is 17.2 Å². The summed E-state index contributed by atoms with van der Waals surface area (Å²) >= 11 is 1.67. The molecule has 180 valence electrons. The first-order valence-corrected chi connectivity index (χ1v) is 12.1. The van der Waals surface area contributed by atoms with Crippen molar-refractivity contribution in [2.24, 2.45) is 5.73 Å². The van der Waals surface area contributed by atoms with Gasteiger partial charge in [-0.3, -0.25) is 14.6 Å². The summed E-state index contributed by atoms with van der Waals surface area (Å²) in [6, 6.07) is 12.6. The highest BCUT2D eigenvalue weighted by Gasteiger charge is 2.30. The third kappa shape index (κ3) is 7.01. The summed E-state index contributed by atoms with van der Waals surface area (Å²) in [5.41, 5.74) is 6.52. The number of nitrogens with two attached hydrogens (primary N) is 1. The molecule has 8 nitrogen and oxygen atoms in total. The quantitative estimate of drug-likeness (QED) is 0.477. The SMILES string of the molecule is COc1cc(OC)cc(C(C(N)=O)N2CCN(CC(O)COc3ccc(SC)cc3)CC2)c1. The fourth-order valence-electron chi connectivity index (χ4n) is 3.96. The van der Waals surface area contributed by atoms with E-state index in [1.165, 1.54) is 4.90 Å². The number of thioether (sulfide) groups is 1. The van der Waals surface area contributed by atoms with Crippen LogP contribution in [0.5, 0.6) is 17.2 Å². The molecule has 0 bridgehead atoms. The second-order valence-electron chi connectivity index (χ2n) is 7.93. The summed E-state index contributed by atoms with van der Waals surface area (Å²) in [7, 11) is 3.15. The van der Waals surface area contributed by atoms with Crippen LogP contribution in [0.15, 0.2) is 47.4 Å². The van der Waals surface area contributed by atoms with Crippen LogP contribution in [0.25, 0.3) is 0 Å². The molecule has 0 spiro atoms. The van der Waals surface area contributed by atoms with Gasteiger partial charge >= 0.3 is 0 Å². The predicted molar refractivity (Wildman–Crippen MR) is 129 cm³/mol. The van der Waals surface area contributed by atoms with Gasteiger partial charge in [0.15, 0.2) is 0 Å². The van der Waals surface area contributed by atoms with Gasteiger partial charge in [-0.15, -0.1) is 11.8 Å². The molecule has 9 heteroatoms. The van der Waals surface area contributed by atoms with Gasteiger partial charge in [-0.05, 0) is 48.2 Å². The topological polar surface area (TPSA) is 97.5 Å². The number of nitrogens with zero attached hydrogens (tertiary/aromatic N) is 2. The van der Waals surface area contributed by atoms with Crippen molar-refractivity contribution in [3.05, 3.63) is 48.0 Å². The number of rotatable bonds is 11. The van der Waals surface area contributed by atoms with Crippen LogP contribution in [0, 0.1) is 0 Å². The first kappa shape index (κ1) is 25.2. The first-order chi connectivity index (χ1) is 15.9. The van der Waals surface area contributed by atoms with E-state index in [9.17, 15) is 9.90 Å². The molecule has 1 heterocycles. The lowest BCUT2D eigenvalue weighted by atomic mass is 10.0. The van der Waals surface area contributed by atoms with Gasteiger partial charge < -0.3 is 25.1 Å². The minimum absolute atomic E-state index is 0.229. The van der Waals surface area contributed by atoms with Crippen molar-refractivity contribution >= 4 is 17.7 Å². The van der Waals surface area contributed by atoms with E-state index < -0.39 is 18.1 Å². The summed E-state index contributed by atoms with van der Waals surface area (Å²) in [5.74, 6) is 1.55. The van der Waals surface area contributed by atoms with Crippen molar-refractivity contribution in [1.82, 2.24) is 9.80 Å². The number of carbonyl (C=O) groups is 1. The monoisotopic (exact) mass is 475 g/mol. The Hall–Kier alpha value is -2.46. The molecule has 0 saturated carbocycles. The Labute approximate surface area is 199 Å². The normalized spacial score (nSPS) is 16.7. The van der Waals surface area contributed by atoms with Gasteiger partial charge in [-0.1, -0.05) is 0 Å². The van der Waals surface area contributed by atoms with Crippen molar-refractivity contribution in [1.29, 1.82) is 0 Å². The number of ether oxygens (including phenoxy) is 3. The van der Waals surface area contributed by atoms with Gasteiger partial charge in [0, 0.05) is 43.7 Å². The van der Waals surface area contributed by atoms with Crippen molar-refractivity contribution < 1.29 is 24.1 Å². The molecular formula is C24H33N3O5S. The maximum absolute atomic E-state index is 12.3. The fourth-order valence-corrected chi connectivity index (χ4v) is 4.37. The van der Waals surface area contributed by atoms with E-state index in [4.69, 9.17) is 19.9 Å². The van der Waals surface area contributed by atoms with Crippen LogP contribution in [-0.2, 0) is 4.79 Å². The minimum atomic E-state index is -0.605. The minimum Gasteiger partial charge on any atom is -0.497 e. The molecule has 2 unspecified atom stereocenters. The van der Waals surface area contributed by atoms with Crippen LogP contribution in [0.3, 0.4) is 0 Å². The highest BCUT2D eigenvalue weighted by Crippen LogP contribution is 2.30. The van der Waals surface area contributed by atoms with E-state index in [-0.39, 0.29) is 6.61 Å². The second kappa shape index (κ2) is 12.1.